The molecule has 1 rings (SSSR count). The third-order valence-electron chi connectivity index (χ3n) is 1.41. The van der Waals surface area contributed by atoms with Crippen LogP contribution in [0.5, 0.6) is 0 Å². The van der Waals surface area contributed by atoms with Crippen LogP contribution in [0, 0.1) is 6.92 Å². The summed E-state index contributed by atoms with van der Waals surface area (Å²) in [6.07, 6.45) is 0. The molecule has 0 saturated carbocycles. The number of benzene rings is 1. The molecule has 0 aliphatic carbocycles. The Hall–Kier alpha value is -0.650. The molecular weight excluding hydrogens is 194 g/mol. The normalized spacial score (nSPS) is 11.5. The van der Waals surface area contributed by atoms with E-state index in [1.54, 1.807) is 19.1 Å². The number of sulfonamides is 1. The average molecular weight is 202 g/mol. The standard InChI is InChI=1S/C7H8NO2S2/c1-5-2-3-6(11)7(4-5)12(8,9)10/h2-4H,1H3,(H2,8,9,10). The van der Waals surface area contributed by atoms with Crippen molar-refractivity contribution in [1.82, 2.24) is 0 Å². The van der Waals surface area contributed by atoms with Crippen LogP contribution in [0.4, 0.5) is 0 Å². The Morgan fingerprint density at radius 2 is 2.00 bits per heavy atom. The van der Waals surface area contributed by atoms with Gasteiger partial charge in [-0.2, -0.15) is 0 Å². The first-order valence-corrected chi connectivity index (χ1v) is 5.17. The van der Waals surface area contributed by atoms with Crippen LogP contribution in [0.2, 0.25) is 0 Å². The fraction of sp³-hybridized carbons (Fsp3) is 0.143. The summed E-state index contributed by atoms with van der Waals surface area (Å²) in [5, 5.41) is 4.93. The van der Waals surface area contributed by atoms with Gasteiger partial charge in [-0.1, -0.05) is 18.7 Å². The van der Waals surface area contributed by atoms with E-state index in [2.05, 4.69) is 0 Å². The summed E-state index contributed by atoms with van der Waals surface area (Å²) < 4.78 is 21.8. The second-order valence-corrected chi connectivity index (χ2v) is 4.46. The van der Waals surface area contributed by atoms with Crippen molar-refractivity contribution >= 4 is 22.7 Å². The highest BCUT2D eigenvalue weighted by molar-refractivity contribution is 7.90. The molecule has 1 radical (unpaired) electrons. The minimum absolute atomic E-state index is 0.0255. The van der Waals surface area contributed by atoms with Crippen molar-refractivity contribution in [1.29, 1.82) is 0 Å². The third kappa shape index (κ3) is 1.94. The number of nitrogens with two attached hydrogens (primary N) is 1. The molecule has 0 spiro atoms. The van der Waals surface area contributed by atoms with E-state index >= 15 is 0 Å². The fourth-order valence-electron chi connectivity index (χ4n) is 0.838. The molecule has 0 saturated heterocycles. The SMILES string of the molecule is Cc1ccc([S])c(S(N)(=O)=O)c1. The van der Waals surface area contributed by atoms with Gasteiger partial charge < -0.3 is 0 Å². The molecule has 3 nitrogen and oxygen atoms in total. The second-order valence-electron chi connectivity index (χ2n) is 2.50. The first kappa shape index (κ1) is 9.44. The zero-order chi connectivity index (χ0) is 9.35. The number of hydrogen-bond donors (Lipinski definition) is 1. The van der Waals surface area contributed by atoms with Gasteiger partial charge in [-0.3, -0.25) is 0 Å². The summed E-state index contributed by atoms with van der Waals surface area (Å²) in [5.41, 5.74) is 0.827. The predicted octanol–water partition coefficient (Wildman–Crippen LogP) is 1.20. The van der Waals surface area contributed by atoms with E-state index in [1.165, 1.54) is 6.07 Å². The van der Waals surface area contributed by atoms with Gasteiger partial charge >= 0.3 is 0 Å². The maximum Gasteiger partial charge on any atom is 0.239 e. The maximum absolute atomic E-state index is 10.9. The smallest absolute Gasteiger partial charge is 0.225 e. The van der Waals surface area contributed by atoms with E-state index in [1.807, 2.05) is 0 Å². The molecule has 0 aromatic heterocycles. The van der Waals surface area contributed by atoms with Gasteiger partial charge in [0.2, 0.25) is 10.0 Å². The van der Waals surface area contributed by atoms with Gasteiger partial charge in [0.1, 0.15) is 4.90 Å². The average Bonchev–Trinajstić information content (AvgIpc) is 1.92. The fourth-order valence-corrected chi connectivity index (χ4v) is 2.01. The molecule has 12 heavy (non-hydrogen) atoms. The first-order valence-electron chi connectivity index (χ1n) is 3.22. The summed E-state index contributed by atoms with van der Waals surface area (Å²) in [5.74, 6) is 0. The summed E-state index contributed by atoms with van der Waals surface area (Å²) in [4.78, 5) is 0.292. The lowest BCUT2D eigenvalue weighted by Crippen LogP contribution is -2.13. The Balaban J connectivity index is 3.43. The van der Waals surface area contributed by atoms with Gasteiger partial charge in [0.25, 0.3) is 0 Å². The van der Waals surface area contributed by atoms with Gasteiger partial charge in [0.05, 0.1) is 4.90 Å². The molecule has 0 fully saturated rings. The van der Waals surface area contributed by atoms with Crippen LogP contribution in [0.25, 0.3) is 0 Å². The Labute approximate surface area is 77.1 Å². The predicted molar refractivity (Wildman–Crippen MR) is 48.4 cm³/mol. The zero-order valence-electron chi connectivity index (χ0n) is 6.44. The molecule has 5 heteroatoms. The molecule has 2 N–H and O–H groups in total. The van der Waals surface area contributed by atoms with Crippen molar-refractivity contribution in [3.8, 4) is 0 Å². The number of rotatable bonds is 1. The lowest BCUT2D eigenvalue weighted by atomic mass is 10.2. The van der Waals surface area contributed by atoms with E-state index in [-0.39, 0.29) is 9.79 Å². The van der Waals surface area contributed by atoms with Crippen LogP contribution in [0.15, 0.2) is 28.0 Å². The largest absolute Gasteiger partial charge is 0.239 e. The number of aryl methyl sites for hydroxylation is 1. The first-order chi connectivity index (χ1) is 5.41. The van der Waals surface area contributed by atoms with Gasteiger partial charge in [0.15, 0.2) is 0 Å². The summed E-state index contributed by atoms with van der Waals surface area (Å²) in [6.45, 7) is 1.78. The Kier molecular flexibility index (Phi) is 2.36. The van der Waals surface area contributed by atoms with Crippen molar-refractivity contribution in [2.24, 2.45) is 5.14 Å². The maximum atomic E-state index is 10.9. The summed E-state index contributed by atoms with van der Waals surface area (Å²) in [7, 11) is -3.66. The van der Waals surface area contributed by atoms with Gasteiger partial charge in [0, 0.05) is 0 Å². The van der Waals surface area contributed by atoms with Gasteiger partial charge in [-0.15, -0.1) is 0 Å². The molecule has 0 heterocycles. The van der Waals surface area contributed by atoms with Crippen molar-refractivity contribution in [2.45, 2.75) is 16.7 Å². The monoisotopic (exact) mass is 202 g/mol. The molecule has 0 atom stereocenters. The minimum Gasteiger partial charge on any atom is -0.225 e. The quantitative estimate of drug-likeness (QED) is 0.743. The Morgan fingerprint density at radius 1 is 1.42 bits per heavy atom. The molecular formula is C7H8NO2S2. The summed E-state index contributed by atoms with van der Waals surface area (Å²) >= 11 is 4.80. The minimum atomic E-state index is -3.66. The Bertz CT molecular complexity index is 398. The van der Waals surface area contributed by atoms with E-state index in [0.29, 0.717) is 0 Å². The number of primary sulfonamides is 1. The van der Waals surface area contributed by atoms with Crippen molar-refractivity contribution in [3.63, 3.8) is 0 Å². The van der Waals surface area contributed by atoms with Gasteiger partial charge in [-0.05, 0) is 24.6 Å². The molecule has 0 amide bonds. The molecule has 0 aliphatic heterocycles. The molecule has 0 unspecified atom stereocenters. The third-order valence-corrected chi connectivity index (χ3v) is 2.84. The second kappa shape index (κ2) is 3.01. The van der Waals surface area contributed by atoms with Crippen molar-refractivity contribution < 1.29 is 8.42 Å². The molecule has 0 aliphatic rings. The van der Waals surface area contributed by atoms with Crippen LogP contribution >= 0.6 is 12.6 Å². The van der Waals surface area contributed by atoms with E-state index in [4.69, 9.17) is 17.8 Å². The summed E-state index contributed by atoms with van der Waals surface area (Å²) in [6, 6.07) is 4.78. The van der Waals surface area contributed by atoms with Gasteiger partial charge in [-0.25, -0.2) is 13.6 Å². The lowest BCUT2D eigenvalue weighted by molar-refractivity contribution is 0.595. The highest BCUT2D eigenvalue weighted by Gasteiger charge is 2.11. The molecule has 65 valence electrons. The van der Waals surface area contributed by atoms with Crippen LogP contribution in [0.1, 0.15) is 5.56 Å². The molecule has 0 bridgehead atoms. The van der Waals surface area contributed by atoms with Crippen LogP contribution < -0.4 is 5.14 Å². The van der Waals surface area contributed by atoms with Crippen LogP contribution in [-0.2, 0) is 10.0 Å². The highest BCUT2D eigenvalue weighted by Crippen LogP contribution is 2.18. The zero-order valence-corrected chi connectivity index (χ0v) is 8.08. The van der Waals surface area contributed by atoms with Crippen LogP contribution in [-0.4, -0.2) is 8.42 Å². The highest BCUT2D eigenvalue weighted by atomic mass is 32.2. The molecule has 1 aromatic rings. The van der Waals surface area contributed by atoms with Crippen molar-refractivity contribution in [3.05, 3.63) is 23.8 Å². The van der Waals surface area contributed by atoms with Crippen LogP contribution in [0.3, 0.4) is 0 Å². The van der Waals surface area contributed by atoms with E-state index in [9.17, 15) is 8.42 Å². The topological polar surface area (TPSA) is 60.2 Å². The molecule has 1 aromatic carbocycles. The van der Waals surface area contributed by atoms with Crippen molar-refractivity contribution in [2.75, 3.05) is 0 Å². The lowest BCUT2D eigenvalue weighted by Gasteiger charge is -2.01. The number of hydrogen-bond acceptors (Lipinski definition) is 2. The Morgan fingerprint density at radius 3 is 2.42 bits per heavy atom. The van der Waals surface area contributed by atoms with E-state index < -0.39 is 10.0 Å². The van der Waals surface area contributed by atoms with E-state index in [0.717, 1.165) is 5.56 Å².